The highest BCUT2D eigenvalue weighted by molar-refractivity contribution is 5.22. The minimum atomic E-state index is 0.196. The molecule has 1 nitrogen and oxygen atoms in total. The van der Waals surface area contributed by atoms with Gasteiger partial charge in [0.25, 0.3) is 0 Å². The van der Waals surface area contributed by atoms with E-state index in [0.717, 1.165) is 13.0 Å². The molecule has 1 aliphatic heterocycles. The molecule has 21 heavy (non-hydrogen) atoms. The molecule has 0 aromatic heterocycles. The molecule has 0 aliphatic carbocycles. The van der Waals surface area contributed by atoms with Gasteiger partial charge in [0.1, 0.15) is 0 Å². The molecular formula is C20H31N. The average molecular weight is 285 g/mol. The summed E-state index contributed by atoms with van der Waals surface area (Å²) < 4.78 is 0. The van der Waals surface area contributed by atoms with Gasteiger partial charge >= 0.3 is 0 Å². The molecule has 1 fully saturated rings. The first-order chi connectivity index (χ1) is 9.69. The van der Waals surface area contributed by atoms with Gasteiger partial charge in [0.15, 0.2) is 0 Å². The van der Waals surface area contributed by atoms with Crippen LogP contribution in [0.2, 0.25) is 0 Å². The molecule has 0 radical (unpaired) electrons. The number of piperidine rings is 1. The molecule has 1 aromatic rings. The summed E-state index contributed by atoms with van der Waals surface area (Å²) >= 11 is 0. The van der Waals surface area contributed by atoms with Crippen LogP contribution in [0.4, 0.5) is 0 Å². The van der Waals surface area contributed by atoms with E-state index in [1.807, 2.05) is 0 Å². The van der Waals surface area contributed by atoms with E-state index in [1.165, 1.54) is 24.1 Å². The maximum absolute atomic E-state index is 4.38. The molecule has 0 N–H and O–H groups in total. The molecule has 1 aliphatic rings. The summed E-state index contributed by atoms with van der Waals surface area (Å²) in [4.78, 5) is 2.55. The van der Waals surface area contributed by atoms with E-state index in [9.17, 15) is 0 Å². The Bertz CT molecular complexity index is 478. The second-order valence-corrected chi connectivity index (χ2v) is 8.37. The maximum Gasteiger partial charge on any atom is 0.0348 e. The van der Waals surface area contributed by atoms with Crippen LogP contribution in [0.1, 0.15) is 65.4 Å². The van der Waals surface area contributed by atoms with Gasteiger partial charge in [-0.15, -0.1) is 0 Å². The molecule has 116 valence electrons. The van der Waals surface area contributed by atoms with E-state index in [2.05, 4.69) is 76.4 Å². The summed E-state index contributed by atoms with van der Waals surface area (Å²) in [5.41, 5.74) is 3.30. The van der Waals surface area contributed by atoms with Crippen molar-refractivity contribution in [1.29, 1.82) is 0 Å². The fourth-order valence-electron chi connectivity index (χ4n) is 3.71. The summed E-state index contributed by atoms with van der Waals surface area (Å²) in [7, 11) is 0. The fraction of sp³-hybridized carbons (Fsp3) is 0.600. The van der Waals surface area contributed by atoms with E-state index >= 15 is 0 Å². The van der Waals surface area contributed by atoms with E-state index in [0.29, 0.717) is 11.3 Å². The lowest BCUT2D eigenvalue weighted by atomic mass is 9.78. The third kappa shape index (κ3) is 4.12. The second kappa shape index (κ2) is 5.87. The van der Waals surface area contributed by atoms with Crippen molar-refractivity contribution in [3.05, 3.63) is 48.2 Å². The minimum Gasteiger partial charge on any atom is -0.370 e. The topological polar surface area (TPSA) is 3.24 Å². The van der Waals surface area contributed by atoms with E-state index in [1.54, 1.807) is 0 Å². The lowest BCUT2D eigenvalue weighted by Gasteiger charge is -2.49. The molecule has 1 saturated heterocycles. The van der Waals surface area contributed by atoms with Crippen LogP contribution in [0, 0.1) is 5.41 Å². The predicted molar refractivity (Wildman–Crippen MR) is 92.4 cm³/mol. The molecule has 1 heterocycles. The Morgan fingerprint density at radius 1 is 1.24 bits per heavy atom. The molecule has 0 spiro atoms. The molecular weight excluding hydrogens is 254 g/mol. The number of hydrogen-bond acceptors (Lipinski definition) is 1. The van der Waals surface area contributed by atoms with Gasteiger partial charge in [-0.05, 0) is 50.0 Å². The SMILES string of the molecule is C=C(CC(C)(C)C)N1CCC(c2ccccc2)CC1(C)C. The number of rotatable bonds is 3. The van der Waals surface area contributed by atoms with Crippen LogP contribution in [-0.4, -0.2) is 17.0 Å². The van der Waals surface area contributed by atoms with Crippen LogP contribution in [-0.2, 0) is 0 Å². The Labute approximate surface area is 131 Å². The van der Waals surface area contributed by atoms with Crippen LogP contribution >= 0.6 is 0 Å². The van der Waals surface area contributed by atoms with Crippen molar-refractivity contribution in [2.24, 2.45) is 5.41 Å². The lowest BCUT2D eigenvalue weighted by Crippen LogP contribution is -2.49. The van der Waals surface area contributed by atoms with Gasteiger partial charge in [-0.3, -0.25) is 0 Å². The van der Waals surface area contributed by atoms with Crippen LogP contribution < -0.4 is 0 Å². The standard InChI is InChI=1S/C20H31N/c1-16(14-19(2,3)4)21-13-12-18(15-20(21,5)6)17-10-8-7-9-11-17/h7-11,18H,1,12-15H2,2-6H3. The summed E-state index contributed by atoms with van der Waals surface area (Å²) in [6.07, 6.45) is 3.52. The summed E-state index contributed by atoms with van der Waals surface area (Å²) in [5, 5.41) is 0. The van der Waals surface area contributed by atoms with Crippen molar-refractivity contribution in [2.45, 2.75) is 65.3 Å². The molecule has 1 unspecified atom stereocenters. The third-order valence-electron chi connectivity index (χ3n) is 4.56. The smallest absolute Gasteiger partial charge is 0.0348 e. The quantitative estimate of drug-likeness (QED) is 0.699. The van der Waals surface area contributed by atoms with Crippen LogP contribution in [0.3, 0.4) is 0 Å². The van der Waals surface area contributed by atoms with E-state index < -0.39 is 0 Å². The first-order valence-electron chi connectivity index (χ1n) is 8.19. The zero-order chi connectivity index (χ0) is 15.7. The van der Waals surface area contributed by atoms with Gasteiger partial charge < -0.3 is 4.90 Å². The van der Waals surface area contributed by atoms with Crippen molar-refractivity contribution < 1.29 is 0 Å². The monoisotopic (exact) mass is 285 g/mol. The lowest BCUT2D eigenvalue weighted by molar-refractivity contribution is 0.0919. The molecule has 1 aromatic carbocycles. The normalized spacial score (nSPS) is 22.1. The highest BCUT2D eigenvalue weighted by Crippen LogP contribution is 2.40. The summed E-state index contributed by atoms with van der Waals surface area (Å²) in [6.45, 7) is 17.1. The highest BCUT2D eigenvalue weighted by Gasteiger charge is 2.36. The van der Waals surface area contributed by atoms with Gasteiger partial charge in [0.2, 0.25) is 0 Å². The van der Waals surface area contributed by atoms with Gasteiger partial charge in [-0.25, -0.2) is 0 Å². The number of likely N-dealkylation sites (tertiary alicyclic amines) is 1. The summed E-state index contributed by atoms with van der Waals surface area (Å²) in [5.74, 6) is 0.680. The van der Waals surface area contributed by atoms with Crippen molar-refractivity contribution in [3.8, 4) is 0 Å². The van der Waals surface area contributed by atoms with E-state index in [-0.39, 0.29) is 5.54 Å². The Balaban J connectivity index is 2.08. The molecule has 0 saturated carbocycles. The van der Waals surface area contributed by atoms with Gasteiger partial charge in [-0.2, -0.15) is 0 Å². The average Bonchev–Trinajstić information content (AvgIpc) is 2.36. The summed E-state index contributed by atoms with van der Waals surface area (Å²) in [6, 6.07) is 11.0. The molecule has 0 amide bonds. The minimum absolute atomic E-state index is 0.196. The van der Waals surface area contributed by atoms with Crippen LogP contribution in [0.5, 0.6) is 0 Å². The number of allylic oxidation sites excluding steroid dienone is 1. The zero-order valence-electron chi connectivity index (χ0n) is 14.4. The van der Waals surface area contributed by atoms with Crippen LogP contribution in [0.15, 0.2) is 42.6 Å². The zero-order valence-corrected chi connectivity index (χ0v) is 14.4. The largest absolute Gasteiger partial charge is 0.370 e. The number of benzene rings is 1. The molecule has 1 heteroatoms. The Kier molecular flexibility index (Phi) is 4.51. The third-order valence-corrected chi connectivity index (χ3v) is 4.56. The fourth-order valence-corrected chi connectivity index (χ4v) is 3.71. The predicted octanol–water partition coefficient (Wildman–Crippen LogP) is 5.59. The van der Waals surface area contributed by atoms with Crippen molar-refractivity contribution in [2.75, 3.05) is 6.54 Å². The first-order valence-corrected chi connectivity index (χ1v) is 8.19. The van der Waals surface area contributed by atoms with Gasteiger partial charge in [0.05, 0.1) is 0 Å². The van der Waals surface area contributed by atoms with Crippen molar-refractivity contribution in [1.82, 2.24) is 4.90 Å². The number of hydrogen-bond donors (Lipinski definition) is 0. The van der Waals surface area contributed by atoms with Crippen molar-refractivity contribution >= 4 is 0 Å². The Hall–Kier alpha value is -1.24. The van der Waals surface area contributed by atoms with Crippen molar-refractivity contribution in [3.63, 3.8) is 0 Å². The van der Waals surface area contributed by atoms with Gasteiger partial charge in [0, 0.05) is 17.8 Å². The number of nitrogens with zero attached hydrogens (tertiary/aromatic N) is 1. The van der Waals surface area contributed by atoms with Crippen LogP contribution in [0.25, 0.3) is 0 Å². The second-order valence-electron chi connectivity index (χ2n) is 8.37. The Morgan fingerprint density at radius 2 is 1.86 bits per heavy atom. The molecule has 1 atom stereocenters. The molecule has 0 bridgehead atoms. The maximum atomic E-state index is 4.38. The highest BCUT2D eigenvalue weighted by atomic mass is 15.2. The first kappa shape index (κ1) is 16.1. The Morgan fingerprint density at radius 3 is 2.38 bits per heavy atom. The van der Waals surface area contributed by atoms with Gasteiger partial charge in [-0.1, -0.05) is 57.7 Å². The van der Waals surface area contributed by atoms with E-state index in [4.69, 9.17) is 0 Å². The molecule has 2 rings (SSSR count).